The van der Waals surface area contributed by atoms with Crippen LogP contribution in [0.5, 0.6) is 11.5 Å². The minimum atomic E-state index is -0.440. The van der Waals surface area contributed by atoms with Gasteiger partial charge in [0.1, 0.15) is 11.5 Å². The first-order valence-corrected chi connectivity index (χ1v) is 6.79. The van der Waals surface area contributed by atoms with E-state index in [2.05, 4.69) is 12.2 Å². The van der Waals surface area contributed by atoms with Gasteiger partial charge in [-0.25, -0.2) is 0 Å². The highest BCUT2D eigenvalue weighted by molar-refractivity contribution is 5.81. The fourth-order valence-corrected chi connectivity index (χ4v) is 1.64. The van der Waals surface area contributed by atoms with Crippen LogP contribution >= 0.6 is 0 Å². The number of ether oxygens (including phenoxy) is 2. The quantitative estimate of drug-likeness (QED) is 0.735. The average Bonchev–Trinajstić information content (AvgIpc) is 2.45. The lowest BCUT2D eigenvalue weighted by Gasteiger charge is -2.17. The Morgan fingerprint density at radius 2 is 1.84 bits per heavy atom. The molecule has 0 heterocycles. The molecule has 1 amide bonds. The molecule has 1 aromatic rings. The predicted molar refractivity (Wildman–Crippen MR) is 75.6 cm³/mol. The van der Waals surface area contributed by atoms with E-state index >= 15 is 0 Å². The molecule has 106 valence electrons. The number of nitrogens with one attached hydrogen (secondary N) is 1. The predicted octanol–water partition coefficient (Wildman–Crippen LogP) is 2.77. The maximum Gasteiger partial charge on any atom is 0.261 e. The smallest absolute Gasteiger partial charge is 0.261 e. The molecule has 0 spiro atoms. The molecule has 19 heavy (non-hydrogen) atoms. The first-order valence-electron chi connectivity index (χ1n) is 6.79. The molecule has 0 fully saturated rings. The second-order valence-electron chi connectivity index (χ2n) is 4.33. The number of amides is 1. The van der Waals surface area contributed by atoms with Crippen molar-refractivity contribution in [2.75, 3.05) is 13.7 Å². The summed E-state index contributed by atoms with van der Waals surface area (Å²) in [4.78, 5) is 11.9. The number of carbonyl (C=O) groups excluding carboxylic acids is 1. The zero-order valence-electron chi connectivity index (χ0n) is 11.9. The van der Waals surface area contributed by atoms with Gasteiger partial charge in [-0.15, -0.1) is 0 Å². The number of methoxy groups -OCH3 is 1. The van der Waals surface area contributed by atoms with Crippen molar-refractivity contribution in [1.82, 2.24) is 5.32 Å². The number of hydrogen-bond donors (Lipinski definition) is 1. The van der Waals surface area contributed by atoms with Gasteiger partial charge in [-0.2, -0.15) is 0 Å². The Labute approximate surface area is 115 Å². The van der Waals surface area contributed by atoms with Gasteiger partial charge in [0.05, 0.1) is 7.11 Å². The minimum Gasteiger partial charge on any atom is -0.497 e. The molecule has 0 aliphatic heterocycles. The third-order valence-electron chi connectivity index (χ3n) is 2.83. The maximum atomic E-state index is 11.9. The van der Waals surface area contributed by atoms with E-state index in [-0.39, 0.29) is 5.91 Å². The minimum absolute atomic E-state index is 0.0493. The highest BCUT2D eigenvalue weighted by Gasteiger charge is 2.17. The van der Waals surface area contributed by atoms with Crippen LogP contribution in [0.1, 0.15) is 33.1 Å². The normalized spacial score (nSPS) is 11.7. The lowest BCUT2D eigenvalue weighted by atomic mass is 10.2. The molecule has 0 saturated heterocycles. The Bertz CT molecular complexity index is 375. The summed E-state index contributed by atoms with van der Waals surface area (Å²) in [5.74, 6) is 1.40. The van der Waals surface area contributed by atoms with E-state index in [9.17, 15) is 4.79 Å². The third-order valence-corrected chi connectivity index (χ3v) is 2.83. The van der Waals surface area contributed by atoms with Crippen molar-refractivity contribution in [3.8, 4) is 11.5 Å². The van der Waals surface area contributed by atoms with Crippen LogP contribution < -0.4 is 14.8 Å². The molecule has 0 radical (unpaired) electrons. The lowest BCUT2D eigenvalue weighted by molar-refractivity contribution is -0.128. The summed E-state index contributed by atoms with van der Waals surface area (Å²) in [6, 6.07) is 7.25. The lowest BCUT2D eigenvalue weighted by Crippen LogP contribution is -2.38. The highest BCUT2D eigenvalue weighted by atomic mass is 16.5. The Hall–Kier alpha value is -1.71. The molecule has 1 N–H and O–H groups in total. The van der Waals surface area contributed by atoms with E-state index in [0.29, 0.717) is 18.7 Å². The van der Waals surface area contributed by atoms with Crippen LogP contribution in [0.3, 0.4) is 0 Å². The van der Waals surface area contributed by atoms with Gasteiger partial charge in [-0.3, -0.25) is 4.79 Å². The van der Waals surface area contributed by atoms with Crippen LogP contribution in [-0.2, 0) is 4.79 Å². The summed E-state index contributed by atoms with van der Waals surface area (Å²) >= 11 is 0. The summed E-state index contributed by atoms with van der Waals surface area (Å²) in [6.45, 7) is 4.74. The van der Waals surface area contributed by atoms with E-state index in [0.717, 1.165) is 18.6 Å². The summed E-state index contributed by atoms with van der Waals surface area (Å²) < 4.78 is 10.8. The molecule has 0 aliphatic rings. The summed E-state index contributed by atoms with van der Waals surface area (Å²) in [6.07, 6.45) is 2.26. The van der Waals surface area contributed by atoms with Crippen molar-refractivity contribution in [3.63, 3.8) is 0 Å². The molecule has 4 nitrogen and oxygen atoms in total. The number of rotatable bonds is 8. The zero-order chi connectivity index (χ0) is 14.1. The highest BCUT2D eigenvalue weighted by Crippen LogP contribution is 2.18. The maximum absolute atomic E-state index is 11.9. The molecule has 1 unspecified atom stereocenters. The summed E-state index contributed by atoms with van der Waals surface area (Å²) in [5.41, 5.74) is 0. The molecular weight excluding hydrogens is 242 g/mol. The van der Waals surface area contributed by atoms with Crippen LogP contribution in [0.2, 0.25) is 0 Å². The third kappa shape index (κ3) is 5.20. The Morgan fingerprint density at radius 3 is 2.37 bits per heavy atom. The molecule has 1 atom stereocenters. The van der Waals surface area contributed by atoms with E-state index < -0.39 is 6.10 Å². The Kier molecular flexibility index (Phi) is 6.79. The van der Waals surface area contributed by atoms with Gasteiger partial charge in [-0.05, 0) is 37.1 Å². The number of carbonyl (C=O) groups is 1. The summed E-state index contributed by atoms with van der Waals surface area (Å²) in [5, 5.41) is 2.89. The first-order chi connectivity index (χ1) is 9.21. The van der Waals surface area contributed by atoms with Crippen LogP contribution in [0, 0.1) is 0 Å². The number of hydrogen-bond acceptors (Lipinski definition) is 3. The van der Waals surface area contributed by atoms with Crippen LogP contribution in [0.4, 0.5) is 0 Å². The van der Waals surface area contributed by atoms with Crippen molar-refractivity contribution >= 4 is 5.91 Å². The standard InChI is InChI=1S/C15H23NO3/c1-4-6-11-16-15(17)14(5-2)19-13-9-7-12(18-3)8-10-13/h7-10,14H,4-6,11H2,1-3H3,(H,16,17). The molecule has 0 aliphatic carbocycles. The van der Waals surface area contributed by atoms with Gasteiger partial charge in [0.25, 0.3) is 5.91 Å². The van der Waals surface area contributed by atoms with Gasteiger partial charge in [-0.1, -0.05) is 20.3 Å². The molecule has 4 heteroatoms. The van der Waals surface area contributed by atoms with Gasteiger partial charge in [0.2, 0.25) is 0 Å². The van der Waals surface area contributed by atoms with E-state index in [4.69, 9.17) is 9.47 Å². The van der Waals surface area contributed by atoms with Crippen LogP contribution in [0.25, 0.3) is 0 Å². The van der Waals surface area contributed by atoms with Crippen LogP contribution in [-0.4, -0.2) is 25.7 Å². The molecule has 1 rings (SSSR count). The molecule has 0 saturated carbocycles. The molecule has 0 bridgehead atoms. The van der Waals surface area contributed by atoms with Gasteiger partial charge < -0.3 is 14.8 Å². The molecule has 1 aromatic carbocycles. The van der Waals surface area contributed by atoms with Crippen molar-refractivity contribution in [2.24, 2.45) is 0 Å². The fraction of sp³-hybridized carbons (Fsp3) is 0.533. The second kappa shape index (κ2) is 8.40. The van der Waals surface area contributed by atoms with Crippen molar-refractivity contribution in [2.45, 2.75) is 39.2 Å². The van der Waals surface area contributed by atoms with E-state index in [1.54, 1.807) is 19.2 Å². The number of unbranched alkanes of at least 4 members (excludes halogenated alkanes) is 1. The SMILES string of the molecule is CCCCNC(=O)C(CC)Oc1ccc(OC)cc1. The average molecular weight is 265 g/mol. The monoisotopic (exact) mass is 265 g/mol. The summed E-state index contributed by atoms with van der Waals surface area (Å²) in [7, 11) is 1.62. The van der Waals surface area contributed by atoms with Gasteiger partial charge in [0, 0.05) is 6.54 Å². The van der Waals surface area contributed by atoms with E-state index in [1.165, 1.54) is 0 Å². The fourth-order valence-electron chi connectivity index (χ4n) is 1.64. The first kappa shape index (κ1) is 15.3. The molecular formula is C15H23NO3. The largest absolute Gasteiger partial charge is 0.497 e. The Morgan fingerprint density at radius 1 is 1.21 bits per heavy atom. The van der Waals surface area contributed by atoms with Crippen molar-refractivity contribution in [3.05, 3.63) is 24.3 Å². The second-order valence-corrected chi connectivity index (χ2v) is 4.33. The van der Waals surface area contributed by atoms with E-state index in [1.807, 2.05) is 19.1 Å². The topological polar surface area (TPSA) is 47.6 Å². The Balaban J connectivity index is 2.52. The van der Waals surface area contributed by atoms with Gasteiger partial charge >= 0.3 is 0 Å². The number of benzene rings is 1. The van der Waals surface area contributed by atoms with Crippen LogP contribution in [0.15, 0.2) is 24.3 Å². The van der Waals surface area contributed by atoms with Gasteiger partial charge in [0.15, 0.2) is 6.10 Å². The molecule has 0 aromatic heterocycles. The zero-order valence-corrected chi connectivity index (χ0v) is 11.9. The van der Waals surface area contributed by atoms with Crippen molar-refractivity contribution in [1.29, 1.82) is 0 Å². The van der Waals surface area contributed by atoms with Crippen molar-refractivity contribution < 1.29 is 14.3 Å².